The van der Waals surface area contributed by atoms with Crippen molar-refractivity contribution in [1.29, 1.82) is 0 Å². The number of nitrogens with one attached hydrogen (secondary N) is 1. The molecule has 1 aromatic heterocycles. The van der Waals surface area contributed by atoms with Crippen LogP contribution in [0.1, 0.15) is 18.4 Å². The maximum atomic E-state index is 11.4. The largest absolute Gasteiger partial charge is 0.314 e. The standard InChI is InChI=1S/C16H20N2O2S/c19-21(20)11-7-15(8-12-21)17-10-6-14-4-1-3-13-5-2-9-18-16(13)14/h1-5,9,15,17H,6-8,10-12H2. The molecule has 0 aliphatic carbocycles. The molecule has 0 radical (unpaired) electrons. The summed E-state index contributed by atoms with van der Waals surface area (Å²) in [4.78, 5) is 4.46. The topological polar surface area (TPSA) is 59.1 Å². The number of fused-ring (bicyclic) bond motifs is 1. The van der Waals surface area contributed by atoms with E-state index in [-0.39, 0.29) is 0 Å². The van der Waals surface area contributed by atoms with Gasteiger partial charge in [-0.2, -0.15) is 0 Å². The van der Waals surface area contributed by atoms with E-state index in [1.807, 2.05) is 12.3 Å². The van der Waals surface area contributed by atoms with Gasteiger partial charge in [-0.3, -0.25) is 4.98 Å². The Balaban J connectivity index is 1.58. The SMILES string of the molecule is O=S1(=O)CCC(NCCc2cccc3cccnc23)CC1. The second-order valence-corrected chi connectivity index (χ2v) is 7.93. The lowest BCUT2D eigenvalue weighted by Crippen LogP contribution is -2.38. The summed E-state index contributed by atoms with van der Waals surface area (Å²) in [7, 11) is -2.77. The van der Waals surface area contributed by atoms with E-state index in [9.17, 15) is 8.42 Å². The predicted molar refractivity (Wildman–Crippen MR) is 85.1 cm³/mol. The molecule has 4 nitrogen and oxygen atoms in total. The number of hydrogen-bond donors (Lipinski definition) is 1. The first-order chi connectivity index (χ1) is 10.1. The molecule has 5 heteroatoms. The van der Waals surface area contributed by atoms with Crippen molar-refractivity contribution in [3.05, 3.63) is 42.1 Å². The molecule has 0 unspecified atom stereocenters. The Bertz CT molecular complexity index is 709. The molecule has 1 fully saturated rings. The third-order valence-electron chi connectivity index (χ3n) is 4.10. The minimum atomic E-state index is -2.77. The first kappa shape index (κ1) is 14.5. The highest BCUT2D eigenvalue weighted by Gasteiger charge is 2.22. The Morgan fingerprint density at radius 2 is 1.90 bits per heavy atom. The smallest absolute Gasteiger partial charge is 0.150 e. The van der Waals surface area contributed by atoms with E-state index in [0.717, 1.165) is 31.3 Å². The van der Waals surface area contributed by atoms with Gasteiger partial charge in [-0.1, -0.05) is 24.3 Å². The van der Waals surface area contributed by atoms with Gasteiger partial charge >= 0.3 is 0 Å². The molecule has 0 bridgehead atoms. The number of hydrogen-bond acceptors (Lipinski definition) is 4. The summed E-state index contributed by atoms with van der Waals surface area (Å²) in [5, 5.41) is 4.65. The van der Waals surface area contributed by atoms with E-state index in [1.54, 1.807) is 0 Å². The van der Waals surface area contributed by atoms with Crippen LogP contribution in [0.5, 0.6) is 0 Å². The van der Waals surface area contributed by atoms with Gasteiger partial charge in [0.15, 0.2) is 0 Å². The zero-order valence-electron chi connectivity index (χ0n) is 12.0. The lowest BCUT2D eigenvalue weighted by molar-refractivity contribution is 0.466. The first-order valence-corrected chi connectivity index (χ1v) is 9.23. The molecule has 3 rings (SSSR count). The summed E-state index contributed by atoms with van der Waals surface area (Å²) in [5.74, 6) is 0.640. The van der Waals surface area contributed by atoms with Gasteiger partial charge in [0, 0.05) is 17.6 Å². The maximum Gasteiger partial charge on any atom is 0.150 e. The summed E-state index contributed by atoms with van der Waals surface area (Å²) in [5.41, 5.74) is 2.30. The maximum absolute atomic E-state index is 11.4. The Morgan fingerprint density at radius 1 is 1.14 bits per heavy atom. The second-order valence-electron chi connectivity index (χ2n) is 5.62. The average molecular weight is 304 g/mol. The number of para-hydroxylation sites is 1. The van der Waals surface area contributed by atoms with E-state index in [1.165, 1.54) is 10.9 Å². The normalized spacial score (nSPS) is 18.9. The fourth-order valence-corrected chi connectivity index (χ4v) is 4.37. The van der Waals surface area contributed by atoms with Crippen LogP contribution in [0.3, 0.4) is 0 Å². The Labute approximate surface area is 125 Å². The number of nitrogens with zero attached hydrogens (tertiary/aromatic N) is 1. The summed E-state index contributed by atoms with van der Waals surface area (Å²) < 4.78 is 22.8. The molecular formula is C16H20N2O2S. The minimum absolute atomic E-state index is 0.320. The summed E-state index contributed by atoms with van der Waals surface area (Å²) in [6, 6.07) is 10.6. The predicted octanol–water partition coefficient (Wildman–Crippen LogP) is 1.94. The fourth-order valence-electron chi connectivity index (χ4n) is 2.87. The molecule has 112 valence electrons. The molecule has 1 N–H and O–H groups in total. The third kappa shape index (κ3) is 3.60. The van der Waals surface area contributed by atoms with Gasteiger partial charge in [-0.15, -0.1) is 0 Å². The Kier molecular flexibility index (Phi) is 4.22. The van der Waals surface area contributed by atoms with E-state index in [4.69, 9.17) is 0 Å². The van der Waals surface area contributed by atoms with Crippen molar-refractivity contribution in [2.45, 2.75) is 25.3 Å². The molecular weight excluding hydrogens is 284 g/mol. The summed E-state index contributed by atoms with van der Waals surface area (Å²) in [6.07, 6.45) is 4.20. The van der Waals surface area contributed by atoms with Gasteiger partial charge in [0.2, 0.25) is 0 Å². The van der Waals surface area contributed by atoms with Crippen LogP contribution in [0, 0.1) is 0 Å². The lowest BCUT2D eigenvalue weighted by Gasteiger charge is -2.23. The van der Waals surface area contributed by atoms with Crippen LogP contribution in [0.2, 0.25) is 0 Å². The van der Waals surface area contributed by atoms with Crippen molar-refractivity contribution in [2.75, 3.05) is 18.1 Å². The van der Waals surface area contributed by atoms with Crippen molar-refractivity contribution < 1.29 is 8.42 Å². The van der Waals surface area contributed by atoms with E-state index in [0.29, 0.717) is 17.5 Å². The zero-order chi connectivity index (χ0) is 14.7. The minimum Gasteiger partial charge on any atom is -0.314 e. The monoisotopic (exact) mass is 304 g/mol. The van der Waals surface area contributed by atoms with Gasteiger partial charge in [0.1, 0.15) is 9.84 Å². The molecule has 1 aliphatic heterocycles. The molecule has 0 saturated carbocycles. The van der Waals surface area contributed by atoms with Gasteiger partial charge in [-0.25, -0.2) is 8.42 Å². The number of sulfone groups is 1. The van der Waals surface area contributed by atoms with Crippen molar-refractivity contribution in [1.82, 2.24) is 10.3 Å². The average Bonchev–Trinajstić information content (AvgIpc) is 2.49. The highest BCUT2D eigenvalue weighted by atomic mass is 32.2. The summed E-state index contributed by atoms with van der Waals surface area (Å²) in [6.45, 7) is 0.862. The fraction of sp³-hybridized carbons (Fsp3) is 0.438. The van der Waals surface area contributed by atoms with Crippen LogP contribution in [0.15, 0.2) is 36.5 Å². The first-order valence-electron chi connectivity index (χ1n) is 7.40. The van der Waals surface area contributed by atoms with E-state index >= 15 is 0 Å². The van der Waals surface area contributed by atoms with Crippen molar-refractivity contribution in [3.8, 4) is 0 Å². The molecule has 0 amide bonds. The third-order valence-corrected chi connectivity index (χ3v) is 5.81. The lowest BCUT2D eigenvalue weighted by atomic mass is 10.1. The van der Waals surface area contributed by atoms with Crippen LogP contribution in [-0.4, -0.2) is 37.5 Å². The number of pyridine rings is 1. The summed E-state index contributed by atoms with van der Waals surface area (Å²) >= 11 is 0. The van der Waals surface area contributed by atoms with Crippen molar-refractivity contribution in [3.63, 3.8) is 0 Å². The van der Waals surface area contributed by atoms with Crippen molar-refractivity contribution >= 4 is 20.7 Å². The zero-order valence-corrected chi connectivity index (χ0v) is 12.8. The highest BCUT2D eigenvalue weighted by Crippen LogP contribution is 2.17. The molecule has 2 heterocycles. The van der Waals surface area contributed by atoms with Crippen LogP contribution in [-0.2, 0) is 16.3 Å². The van der Waals surface area contributed by atoms with Gasteiger partial charge in [0.25, 0.3) is 0 Å². The Morgan fingerprint density at radius 3 is 2.71 bits per heavy atom. The van der Waals surface area contributed by atoms with Crippen LogP contribution in [0.25, 0.3) is 10.9 Å². The van der Waals surface area contributed by atoms with Crippen molar-refractivity contribution in [2.24, 2.45) is 0 Å². The number of aromatic nitrogens is 1. The quantitative estimate of drug-likeness (QED) is 0.938. The Hall–Kier alpha value is -1.46. The van der Waals surface area contributed by atoms with Crippen LogP contribution < -0.4 is 5.32 Å². The second kappa shape index (κ2) is 6.12. The molecule has 2 aromatic rings. The van der Waals surface area contributed by atoms with Crippen LogP contribution in [0.4, 0.5) is 0 Å². The van der Waals surface area contributed by atoms with E-state index in [2.05, 4.69) is 34.6 Å². The molecule has 21 heavy (non-hydrogen) atoms. The molecule has 0 atom stereocenters. The van der Waals surface area contributed by atoms with Gasteiger partial charge in [-0.05, 0) is 37.4 Å². The van der Waals surface area contributed by atoms with Gasteiger partial charge in [0.05, 0.1) is 17.0 Å². The molecule has 1 aromatic carbocycles. The molecule has 0 spiro atoms. The van der Waals surface area contributed by atoms with Crippen LogP contribution >= 0.6 is 0 Å². The number of rotatable bonds is 4. The molecule has 1 saturated heterocycles. The number of benzene rings is 1. The highest BCUT2D eigenvalue weighted by molar-refractivity contribution is 7.91. The van der Waals surface area contributed by atoms with E-state index < -0.39 is 9.84 Å². The van der Waals surface area contributed by atoms with Gasteiger partial charge < -0.3 is 5.32 Å². The molecule has 1 aliphatic rings.